The molecule has 43 heavy (non-hydrogen) atoms. The van der Waals surface area contributed by atoms with Gasteiger partial charge in [-0.05, 0) is 47.9 Å². The summed E-state index contributed by atoms with van der Waals surface area (Å²) >= 11 is 0. The molecular weight excluding hydrogens is 587 g/mol. The number of morpholine rings is 1. The number of sulfonamides is 1. The molecule has 0 radical (unpaired) electrons. The van der Waals surface area contributed by atoms with Crippen molar-refractivity contribution in [2.24, 2.45) is 0 Å². The minimum absolute atomic E-state index is 0.0703. The number of esters is 1. The molecule has 1 saturated heterocycles. The highest BCUT2D eigenvalue weighted by Gasteiger charge is 2.38. The lowest BCUT2D eigenvalue weighted by Gasteiger charge is -2.36. The third kappa shape index (κ3) is 7.00. The summed E-state index contributed by atoms with van der Waals surface area (Å²) in [6, 6.07) is 17.3. The molecule has 1 unspecified atom stereocenters. The maximum atomic E-state index is 13.5. The van der Waals surface area contributed by atoms with Gasteiger partial charge in [0, 0.05) is 19.6 Å². The summed E-state index contributed by atoms with van der Waals surface area (Å²) in [5.41, 5.74) is 0.940. The fraction of sp³-hybridized carbons (Fsp3) is 0.333. The lowest BCUT2D eigenvalue weighted by molar-refractivity contribution is -0.148. The highest BCUT2D eigenvalue weighted by atomic mass is 32.2. The van der Waals surface area contributed by atoms with Gasteiger partial charge in [-0.2, -0.15) is 17.5 Å². The van der Waals surface area contributed by atoms with Crippen molar-refractivity contribution in [1.82, 2.24) is 4.31 Å². The van der Waals surface area contributed by atoms with Gasteiger partial charge in [-0.1, -0.05) is 42.5 Å². The van der Waals surface area contributed by atoms with Crippen LogP contribution in [0.5, 0.6) is 0 Å². The van der Waals surface area contributed by atoms with E-state index in [1.807, 2.05) is 12.1 Å². The molecule has 1 N–H and O–H groups in total. The van der Waals surface area contributed by atoms with Gasteiger partial charge in [0.2, 0.25) is 10.0 Å². The zero-order valence-electron chi connectivity index (χ0n) is 23.0. The highest BCUT2D eigenvalue weighted by molar-refractivity contribution is 7.89. The molecule has 5 rings (SSSR count). The predicted molar refractivity (Wildman–Crippen MR) is 152 cm³/mol. The van der Waals surface area contributed by atoms with E-state index in [4.69, 9.17) is 9.47 Å². The summed E-state index contributed by atoms with van der Waals surface area (Å²) in [5, 5.41) is 2.44. The van der Waals surface area contributed by atoms with Crippen LogP contribution >= 0.6 is 0 Å². The van der Waals surface area contributed by atoms with Gasteiger partial charge < -0.3 is 19.7 Å². The molecule has 0 saturated carbocycles. The third-order valence-corrected chi connectivity index (χ3v) is 9.31. The van der Waals surface area contributed by atoms with Gasteiger partial charge in [0.15, 0.2) is 6.61 Å². The zero-order valence-corrected chi connectivity index (χ0v) is 23.9. The van der Waals surface area contributed by atoms with Crippen LogP contribution in [0.15, 0.2) is 77.7 Å². The Morgan fingerprint density at radius 3 is 2.37 bits per heavy atom. The smallest absolute Gasteiger partial charge is 0.416 e. The van der Waals surface area contributed by atoms with Gasteiger partial charge in [0.05, 0.1) is 47.5 Å². The number of hydrogen-bond acceptors (Lipinski definition) is 7. The molecule has 2 aliphatic heterocycles. The van der Waals surface area contributed by atoms with Crippen molar-refractivity contribution in [1.29, 1.82) is 0 Å². The van der Waals surface area contributed by atoms with E-state index in [0.29, 0.717) is 44.0 Å². The first-order valence-electron chi connectivity index (χ1n) is 13.7. The van der Waals surface area contributed by atoms with Crippen LogP contribution < -0.4 is 10.2 Å². The topological polar surface area (TPSA) is 105 Å². The molecule has 228 valence electrons. The Morgan fingerprint density at radius 2 is 1.65 bits per heavy atom. The van der Waals surface area contributed by atoms with Crippen molar-refractivity contribution >= 4 is 33.3 Å². The van der Waals surface area contributed by atoms with E-state index in [-0.39, 0.29) is 23.5 Å². The van der Waals surface area contributed by atoms with Crippen molar-refractivity contribution in [3.05, 3.63) is 89.5 Å². The minimum Gasteiger partial charge on any atom is -0.456 e. The number of carbonyl (C=O) groups is 2. The van der Waals surface area contributed by atoms with Crippen molar-refractivity contribution in [2.45, 2.75) is 30.0 Å². The average molecular weight is 618 g/mol. The molecule has 0 aliphatic carbocycles. The second-order valence-electron chi connectivity index (χ2n) is 10.1. The summed E-state index contributed by atoms with van der Waals surface area (Å²) in [7, 11) is -3.96. The summed E-state index contributed by atoms with van der Waals surface area (Å²) in [5.74, 6) is -1.66. The number of halogens is 3. The Bertz CT molecular complexity index is 1580. The summed E-state index contributed by atoms with van der Waals surface area (Å²) in [6.45, 7) is 0.994. The maximum Gasteiger partial charge on any atom is 0.416 e. The number of amides is 1. The Morgan fingerprint density at radius 1 is 0.953 bits per heavy atom. The monoisotopic (exact) mass is 617 g/mol. The lowest BCUT2D eigenvalue weighted by Crippen LogP contribution is -2.41. The van der Waals surface area contributed by atoms with Gasteiger partial charge in [0.1, 0.15) is 0 Å². The molecule has 3 aromatic carbocycles. The second-order valence-corrected chi connectivity index (χ2v) is 12.0. The summed E-state index contributed by atoms with van der Waals surface area (Å²) < 4.78 is 79.1. The van der Waals surface area contributed by atoms with Crippen LogP contribution in [0.3, 0.4) is 0 Å². The van der Waals surface area contributed by atoms with Crippen LogP contribution in [-0.4, -0.2) is 64.1 Å². The van der Waals surface area contributed by atoms with Crippen LogP contribution in [0.1, 0.15) is 29.2 Å². The number of nitrogens with one attached hydrogen (secondary N) is 1. The SMILES string of the molecule is O=C(COC(=O)CC1c2ccccc2CCN1S(=O)(=O)c1ccccc1)Nc1cc(C(F)(F)F)ccc1N1CCOCC1. The number of anilines is 2. The Labute approximate surface area is 247 Å². The van der Waals surface area contributed by atoms with Gasteiger partial charge >= 0.3 is 12.1 Å². The normalized spacial score (nSPS) is 17.7. The number of carbonyl (C=O) groups excluding carboxylic acids is 2. The first-order valence-corrected chi connectivity index (χ1v) is 15.1. The molecule has 13 heteroatoms. The van der Waals surface area contributed by atoms with Crippen molar-refractivity contribution in [2.75, 3.05) is 49.7 Å². The van der Waals surface area contributed by atoms with Crippen molar-refractivity contribution < 1.29 is 40.7 Å². The fourth-order valence-corrected chi connectivity index (χ4v) is 6.92. The number of benzene rings is 3. The molecule has 9 nitrogen and oxygen atoms in total. The molecule has 0 bridgehead atoms. The number of nitrogens with zero attached hydrogens (tertiary/aromatic N) is 2. The lowest BCUT2D eigenvalue weighted by atomic mass is 9.92. The van der Waals surface area contributed by atoms with E-state index >= 15 is 0 Å². The van der Waals surface area contributed by atoms with Crippen LogP contribution in [-0.2, 0) is 41.7 Å². The van der Waals surface area contributed by atoms with E-state index in [9.17, 15) is 31.2 Å². The van der Waals surface area contributed by atoms with Crippen molar-refractivity contribution in [3.8, 4) is 0 Å². The number of alkyl halides is 3. The summed E-state index contributed by atoms with van der Waals surface area (Å²) in [6.07, 6.45) is -4.53. The van der Waals surface area contributed by atoms with E-state index in [2.05, 4.69) is 5.32 Å². The molecule has 2 heterocycles. The zero-order chi connectivity index (χ0) is 30.6. The molecule has 1 atom stereocenters. The summed E-state index contributed by atoms with van der Waals surface area (Å²) in [4.78, 5) is 27.7. The van der Waals surface area contributed by atoms with Gasteiger partial charge in [-0.15, -0.1) is 0 Å². The van der Waals surface area contributed by atoms with E-state index < -0.39 is 46.3 Å². The molecule has 1 fully saturated rings. The first kappa shape index (κ1) is 30.5. The van der Waals surface area contributed by atoms with Crippen LogP contribution in [0, 0.1) is 0 Å². The van der Waals surface area contributed by atoms with E-state index in [1.54, 1.807) is 35.2 Å². The van der Waals surface area contributed by atoms with Crippen LogP contribution in [0.4, 0.5) is 24.5 Å². The van der Waals surface area contributed by atoms with Crippen LogP contribution in [0.25, 0.3) is 0 Å². The number of ether oxygens (including phenoxy) is 2. The fourth-order valence-electron chi connectivity index (χ4n) is 5.30. The quantitative estimate of drug-likeness (QED) is 0.374. The van der Waals surface area contributed by atoms with Crippen molar-refractivity contribution in [3.63, 3.8) is 0 Å². The average Bonchev–Trinajstić information content (AvgIpc) is 3.00. The maximum absolute atomic E-state index is 13.5. The largest absolute Gasteiger partial charge is 0.456 e. The molecule has 2 aliphatic rings. The van der Waals surface area contributed by atoms with Gasteiger partial charge in [-0.3, -0.25) is 9.59 Å². The molecule has 0 aromatic heterocycles. The number of hydrogen-bond donors (Lipinski definition) is 1. The molecular formula is C30H30F3N3O6S. The highest BCUT2D eigenvalue weighted by Crippen LogP contribution is 2.37. The van der Waals surface area contributed by atoms with Gasteiger partial charge in [-0.25, -0.2) is 8.42 Å². The standard InChI is InChI=1S/C30H30F3N3O6S/c31-30(32,33)22-10-11-26(35-14-16-41-17-15-35)25(18-22)34-28(37)20-42-29(38)19-27-24-9-5-4-6-21(24)12-13-36(27)43(39,40)23-7-2-1-3-8-23/h1-11,18,27H,12-17,19-20H2,(H,34,37). The van der Waals surface area contributed by atoms with Gasteiger partial charge in [0.25, 0.3) is 5.91 Å². The number of fused-ring (bicyclic) bond motifs is 1. The predicted octanol–water partition coefficient (Wildman–Crippen LogP) is 4.40. The molecule has 1 amide bonds. The third-order valence-electron chi connectivity index (χ3n) is 7.39. The minimum atomic E-state index is -4.63. The van der Waals surface area contributed by atoms with E-state index in [1.165, 1.54) is 22.5 Å². The Balaban J connectivity index is 1.30. The number of rotatable bonds is 8. The first-order chi connectivity index (χ1) is 20.5. The molecule has 3 aromatic rings. The van der Waals surface area contributed by atoms with E-state index in [0.717, 1.165) is 17.7 Å². The second kappa shape index (κ2) is 12.7. The Hall–Kier alpha value is -3.94. The molecule has 0 spiro atoms. The van der Waals surface area contributed by atoms with Crippen LogP contribution in [0.2, 0.25) is 0 Å². The Kier molecular flexibility index (Phi) is 9.04.